The van der Waals surface area contributed by atoms with Crippen molar-refractivity contribution in [1.82, 2.24) is 15.3 Å². The summed E-state index contributed by atoms with van der Waals surface area (Å²) in [6, 6.07) is 5.11. The number of hydrogen-bond acceptors (Lipinski definition) is 4. The van der Waals surface area contributed by atoms with E-state index in [1.54, 1.807) is 30.6 Å². The van der Waals surface area contributed by atoms with Crippen LogP contribution in [0.5, 0.6) is 0 Å². The molecule has 0 aliphatic heterocycles. The van der Waals surface area contributed by atoms with Crippen molar-refractivity contribution in [2.24, 2.45) is 5.92 Å². The van der Waals surface area contributed by atoms with Crippen LogP contribution in [-0.4, -0.2) is 32.5 Å². The molecule has 2 atom stereocenters. The maximum Gasteiger partial charge on any atom is 0.308 e. The normalized spacial score (nSPS) is 24.3. The predicted molar refractivity (Wildman–Crippen MR) is 85.0 cm³/mol. The smallest absolute Gasteiger partial charge is 0.308 e. The highest BCUT2D eigenvalue weighted by atomic mass is 16.4. The molecule has 1 aliphatic carbocycles. The lowest BCUT2D eigenvalue weighted by Crippen LogP contribution is -2.55. The van der Waals surface area contributed by atoms with Crippen molar-refractivity contribution in [3.8, 4) is 0 Å². The van der Waals surface area contributed by atoms with Crippen LogP contribution in [0.25, 0.3) is 11.0 Å². The van der Waals surface area contributed by atoms with E-state index in [1.165, 1.54) is 0 Å². The number of hydrogen-bond donors (Lipinski definition) is 2. The van der Waals surface area contributed by atoms with Crippen molar-refractivity contribution in [2.45, 2.75) is 38.1 Å². The molecule has 1 aromatic carbocycles. The lowest BCUT2D eigenvalue weighted by molar-refractivity contribution is -0.145. The number of carbonyl (C=O) groups excluding carboxylic acids is 1. The first-order chi connectivity index (χ1) is 11.0. The molecule has 1 fully saturated rings. The van der Waals surface area contributed by atoms with Gasteiger partial charge in [-0.15, -0.1) is 0 Å². The van der Waals surface area contributed by atoms with Crippen molar-refractivity contribution >= 4 is 22.9 Å². The molecule has 120 valence electrons. The minimum Gasteiger partial charge on any atom is -0.481 e. The predicted octanol–water partition coefficient (Wildman–Crippen LogP) is 2.39. The molecule has 23 heavy (non-hydrogen) atoms. The number of carboxylic acids is 1. The number of nitrogens with zero attached hydrogens (tertiary/aromatic N) is 2. The fourth-order valence-corrected chi connectivity index (χ4v) is 3.32. The maximum absolute atomic E-state index is 12.6. The summed E-state index contributed by atoms with van der Waals surface area (Å²) in [5, 5.41) is 12.4. The van der Waals surface area contributed by atoms with Gasteiger partial charge in [-0.2, -0.15) is 0 Å². The van der Waals surface area contributed by atoms with Gasteiger partial charge >= 0.3 is 5.97 Å². The molecule has 2 aromatic rings. The Hall–Kier alpha value is -2.50. The molecule has 1 heterocycles. The average molecular weight is 313 g/mol. The largest absolute Gasteiger partial charge is 0.481 e. The number of aliphatic carboxylic acids is 1. The number of benzene rings is 1. The Bertz CT molecular complexity index is 762. The minimum atomic E-state index is -0.850. The quantitative estimate of drug-likeness (QED) is 0.907. The van der Waals surface area contributed by atoms with Crippen LogP contribution in [0.1, 0.15) is 43.0 Å². The summed E-state index contributed by atoms with van der Waals surface area (Å²) in [5.74, 6) is -1.68. The second-order valence-electron chi connectivity index (χ2n) is 6.27. The Balaban J connectivity index is 1.85. The van der Waals surface area contributed by atoms with Crippen LogP contribution in [0.2, 0.25) is 0 Å². The Morgan fingerprint density at radius 1 is 1.22 bits per heavy atom. The first-order valence-corrected chi connectivity index (χ1v) is 7.76. The molecule has 6 heteroatoms. The lowest BCUT2D eigenvalue weighted by atomic mass is 9.73. The van der Waals surface area contributed by atoms with Gasteiger partial charge in [-0.05, 0) is 38.0 Å². The van der Waals surface area contributed by atoms with E-state index in [-0.39, 0.29) is 5.91 Å². The summed E-state index contributed by atoms with van der Waals surface area (Å²) in [6.45, 7) is 1.82. The molecular formula is C17H19N3O3. The van der Waals surface area contributed by atoms with E-state index in [4.69, 9.17) is 0 Å². The van der Waals surface area contributed by atoms with Crippen LogP contribution in [-0.2, 0) is 4.79 Å². The topological polar surface area (TPSA) is 92.2 Å². The van der Waals surface area contributed by atoms with Crippen LogP contribution in [0.4, 0.5) is 0 Å². The molecule has 1 amide bonds. The highest BCUT2D eigenvalue weighted by Gasteiger charge is 2.42. The lowest BCUT2D eigenvalue weighted by Gasteiger charge is -2.39. The third-order valence-corrected chi connectivity index (χ3v) is 4.64. The van der Waals surface area contributed by atoms with Gasteiger partial charge in [0.05, 0.1) is 22.5 Å². The molecule has 0 radical (unpaired) electrons. The van der Waals surface area contributed by atoms with Gasteiger partial charge in [0.1, 0.15) is 0 Å². The maximum atomic E-state index is 12.6. The zero-order valence-corrected chi connectivity index (χ0v) is 13.0. The third kappa shape index (κ3) is 3.02. The summed E-state index contributed by atoms with van der Waals surface area (Å²) in [7, 11) is 0. The van der Waals surface area contributed by atoms with E-state index in [0.717, 1.165) is 18.4 Å². The summed E-state index contributed by atoms with van der Waals surface area (Å²) in [4.78, 5) is 32.4. The number of amides is 1. The van der Waals surface area contributed by atoms with Gasteiger partial charge < -0.3 is 10.4 Å². The van der Waals surface area contributed by atoms with Crippen LogP contribution in [0.15, 0.2) is 30.6 Å². The van der Waals surface area contributed by atoms with E-state index in [9.17, 15) is 14.7 Å². The standard InChI is InChI=1S/C17H19N3O3/c1-17(7-3-2-4-12(17)16(22)23)20-15(21)11-5-6-13-14(10-11)19-9-8-18-13/h5-6,8-10,12H,2-4,7H2,1H3,(H,20,21)(H,22,23). The molecule has 1 aromatic heterocycles. The molecule has 2 unspecified atom stereocenters. The first kappa shape index (κ1) is 15.4. The van der Waals surface area contributed by atoms with Gasteiger partial charge in [0.25, 0.3) is 5.91 Å². The van der Waals surface area contributed by atoms with Crippen LogP contribution in [0.3, 0.4) is 0 Å². The number of carbonyl (C=O) groups is 2. The molecule has 0 saturated heterocycles. The Kier molecular flexibility index (Phi) is 3.98. The van der Waals surface area contributed by atoms with Crippen molar-refractivity contribution in [1.29, 1.82) is 0 Å². The number of nitrogens with one attached hydrogen (secondary N) is 1. The molecule has 3 rings (SSSR count). The van der Waals surface area contributed by atoms with Crippen molar-refractivity contribution in [3.63, 3.8) is 0 Å². The third-order valence-electron chi connectivity index (χ3n) is 4.64. The molecule has 1 saturated carbocycles. The van der Waals surface area contributed by atoms with E-state index in [1.807, 2.05) is 6.92 Å². The fraction of sp³-hybridized carbons (Fsp3) is 0.412. The second kappa shape index (κ2) is 5.95. The highest BCUT2D eigenvalue weighted by molar-refractivity contribution is 5.97. The van der Waals surface area contributed by atoms with Gasteiger partial charge in [-0.1, -0.05) is 12.8 Å². The van der Waals surface area contributed by atoms with E-state index in [0.29, 0.717) is 23.9 Å². The van der Waals surface area contributed by atoms with Gasteiger partial charge in [0.2, 0.25) is 0 Å². The Morgan fingerprint density at radius 3 is 2.70 bits per heavy atom. The van der Waals surface area contributed by atoms with Crippen molar-refractivity contribution < 1.29 is 14.7 Å². The van der Waals surface area contributed by atoms with Crippen LogP contribution in [0, 0.1) is 5.92 Å². The number of carboxylic acid groups (broad SMARTS) is 1. The minimum absolute atomic E-state index is 0.270. The van der Waals surface area contributed by atoms with Gasteiger partial charge in [-0.3, -0.25) is 19.6 Å². The molecule has 6 nitrogen and oxygen atoms in total. The number of aromatic nitrogens is 2. The number of fused-ring (bicyclic) bond motifs is 1. The van der Waals surface area contributed by atoms with E-state index < -0.39 is 17.4 Å². The average Bonchev–Trinajstić information content (AvgIpc) is 2.54. The summed E-state index contributed by atoms with van der Waals surface area (Å²) < 4.78 is 0. The molecule has 0 bridgehead atoms. The van der Waals surface area contributed by atoms with Gasteiger partial charge in [0, 0.05) is 18.0 Å². The number of rotatable bonds is 3. The summed E-state index contributed by atoms with van der Waals surface area (Å²) >= 11 is 0. The molecule has 1 aliphatic rings. The summed E-state index contributed by atoms with van der Waals surface area (Å²) in [5.41, 5.74) is 1.10. The van der Waals surface area contributed by atoms with E-state index in [2.05, 4.69) is 15.3 Å². The summed E-state index contributed by atoms with van der Waals surface area (Å²) in [6.07, 6.45) is 6.24. The van der Waals surface area contributed by atoms with Crippen molar-refractivity contribution in [3.05, 3.63) is 36.2 Å². The van der Waals surface area contributed by atoms with Gasteiger partial charge in [0.15, 0.2) is 0 Å². The Labute approximate surface area is 133 Å². The second-order valence-corrected chi connectivity index (χ2v) is 6.27. The molecule has 0 spiro atoms. The van der Waals surface area contributed by atoms with Crippen LogP contribution >= 0.6 is 0 Å². The zero-order chi connectivity index (χ0) is 16.4. The van der Waals surface area contributed by atoms with Crippen molar-refractivity contribution in [2.75, 3.05) is 0 Å². The van der Waals surface area contributed by atoms with E-state index >= 15 is 0 Å². The monoisotopic (exact) mass is 313 g/mol. The Morgan fingerprint density at radius 2 is 1.96 bits per heavy atom. The SMILES string of the molecule is CC1(NC(=O)c2ccc3nccnc3c2)CCCCC1C(=O)O. The highest BCUT2D eigenvalue weighted by Crippen LogP contribution is 2.34. The fourth-order valence-electron chi connectivity index (χ4n) is 3.32. The van der Waals surface area contributed by atoms with Gasteiger partial charge in [-0.25, -0.2) is 0 Å². The molecule has 2 N–H and O–H groups in total. The first-order valence-electron chi connectivity index (χ1n) is 7.76. The molecular weight excluding hydrogens is 294 g/mol. The zero-order valence-electron chi connectivity index (χ0n) is 13.0. The van der Waals surface area contributed by atoms with Crippen LogP contribution < -0.4 is 5.32 Å².